The summed E-state index contributed by atoms with van der Waals surface area (Å²) in [6.45, 7) is 4.83. The summed E-state index contributed by atoms with van der Waals surface area (Å²) in [6.07, 6.45) is 0. The highest BCUT2D eigenvalue weighted by atomic mass is 32.1. The van der Waals surface area contributed by atoms with Crippen molar-refractivity contribution in [1.82, 2.24) is 4.98 Å². The Morgan fingerprint density at radius 2 is 2.22 bits per heavy atom. The predicted molar refractivity (Wildman–Crippen MR) is 76.3 cm³/mol. The minimum atomic E-state index is 0.363. The first kappa shape index (κ1) is 13.1. The number of thiazole rings is 1. The number of benzene rings is 1. The Morgan fingerprint density at radius 3 is 2.89 bits per heavy atom. The standard InChI is InChI=1S/C14H18N2OS/c1-9(8-15)13-10(2)16-14(18-13)11-5-4-6-12(7-11)17-3/h4-7,9H,8,15H2,1-3H3. The molecule has 1 atom stereocenters. The Bertz CT molecular complexity index is 536. The van der Waals surface area contributed by atoms with Gasteiger partial charge in [-0.3, -0.25) is 0 Å². The first-order valence-electron chi connectivity index (χ1n) is 5.97. The Labute approximate surface area is 112 Å². The van der Waals surface area contributed by atoms with Gasteiger partial charge in [0.2, 0.25) is 0 Å². The molecule has 2 aromatic rings. The van der Waals surface area contributed by atoms with E-state index in [1.54, 1.807) is 18.4 Å². The highest BCUT2D eigenvalue weighted by Crippen LogP contribution is 2.33. The minimum Gasteiger partial charge on any atom is -0.497 e. The van der Waals surface area contributed by atoms with Crippen LogP contribution >= 0.6 is 11.3 Å². The van der Waals surface area contributed by atoms with Crippen LogP contribution in [0, 0.1) is 6.92 Å². The van der Waals surface area contributed by atoms with Gasteiger partial charge in [-0.15, -0.1) is 11.3 Å². The SMILES string of the molecule is COc1cccc(-c2nc(C)c(C(C)CN)s2)c1. The molecule has 0 aliphatic carbocycles. The van der Waals surface area contributed by atoms with Crippen LogP contribution < -0.4 is 10.5 Å². The van der Waals surface area contributed by atoms with Crippen LogP contribution in [-0.4, -0.2) is 18.6 Å². The van der Waals surface area contributed by atoms with Crippen LogP contribution in [0.3, 0.4) is 0 Å². The molecule has 0 spiro atoms. The molecule has 0 fully saturated rings. The zero-order chi connectivity index (χ0) is 13.1. The molecule has 2 rings (SSSR count). The quantitative estimate of drug-likeness (QED) is 0.920. The lowest BCUT2D eigenvalue weighted by molar-refractivity contribution is 0.415. The number of aryl methyl sites for hydroxylation is 1. The van der Waals surface area contributed by atoms with Crippen LogP contribution in [0.1, 0.15) is 23.4 Å². The zero-order valence-electron chi connectivity index (χ0n) is 10.9. The molecule has 0 radical (unpaired) electrons. The molecule has 18 heavy (non-hydrogen) atoms. The number of hydrogen-bond acceptors (Lipinski definition) is 4. The average Bonchev–Trinajstić information content (AvgIpc) is 2.80. The molecule has 0 saturated heterocycles. The van der Waals surface area contributed by atoms with Crippen molar-refractivity contribution in [1.29, 1.82) is 0 Å². The molecule has 96 valence electrons. The monoisotopic (exact) mass is 262 g/mol. The third kappa shape index (κ3) is 2.54. The van der Waals surface area contributed by atoms with E-state index in [2.05, 4.69) is 18.0 Å². The van der Waals surface area contributed by atoms with Gasteiger partial charge in [-0.1, -0.05) is 19.1 Å². The molecule has 3 nitrogen and oxygen atoms in total. The first-order valence-corrected chi connectivity index (χ1v) is 6.79. The van der Waals surface area contributed by atoms with Crippen LogP contribution in [0.4, 0.5) is 0 Å². The van der Waals surface area contributed by atoms with Gasteiger partial charge in [0.15, 0.2) is 0 Å². The maximum atomic E-state index is 5.73. The van der Waals surface area contributed by atoms with E-state index in [-0.39, 0.29) is 0 Å². The summed E-state index contributed by atoms with van der Waals surface area (Å²) in [5, 5.41) is 1.03. The molecule has 1 aromatic carbocycles. The second-order valence-electron chi connectivity index (χ2n) is 4.34. The lowest BCUT2D eigenvalue weighted by atomic mass is 10.1. The van der Waals surface area contributed by atoms with Crippen molar-refractivity contribution in [2.45, 2.75) is 19.8 Å². The van der Waals surface area contributed by atoms with E-state index in [1.165, 1.54) is 4.88 Å². The van der Waals surface area contributed by atoms with Crippen LogP contribution in [0.25, 0.3) is 10.6 Å². The maximum Gasteiger partial charge on any atom is 0.124 e. The lowest BCUT2D eigenvalue weighted by Gasteiger charge is -2.04. The van der Waals surface area contributed by atoms with Gasteiger partial charge in [0.25, 0.3) is 0 Å². The molecular formula is C14H18N2OS. The van der Waals surface area contributed by atoms with E-state index in [0.717, 1.165) is 22.0 Å². The van der Waals surface area contributed by atoms with Gasteiger partial charge in [0.1, 0.15) is 10.8 Å². The van der Waals surface area contributed by atoms with Crippen molar-refractivity contribution in [2.75, 3.05) is 13.7 Å². The van der Waals surface area contributed by atoms with Crippen LogP contribution in [0.15, 0.2) is 24.3 Å². The summed E-state index contributed by atoms with van der Waals surface area (Å²) in [7, 11) is 1.67. The number of nitrogens with two attached hydrogens (primary N) is 1. The third-order valence-corrected chi connectivity index (χ3v) is 4.39. The summed E-state index contributed by atoms with van der Waals surface area (Å²) < 4.78 is 5.24. The highest BCUT2D eigenvalue weighted by molar-refractivity contribution is 7.15. The van der Waals surface area contributed by atoms with E-state index in [0.29, 0.717) is 12.5 Å². The summed E-state index contributed by atoms with van der Waals surface area (Å²) in [5.41, 5.74) is 7.90. The summed E-state index contributed by atoms with van der Waals surface area (Å²) >= 11 is 1.72. The van der Waals surface area contributed by atoms with Gasteiger partial charge in [-0.25, -0.2) is 4.98 Å². The average molecular weight is 262 g/mol. The second kappa shape index (κ2) is 5.50. The first-order chi connectivity index (χ1) is 8.65. The normalized spacial score (nSPS) is 12.4. The van der Waals surface area contributed by atoms with Crippen LogP contribution in [0.5, 0.6) is 5.75 Å². The fraction of sp³-hybridized carbons (Fsp3) is 0.357. The van der Waals surface area contributed by atoms with Gasteiger partial charge in [-0.05, 0) is 25.6 Å². The van der Waals surface area contributed by atoms with Crippen molar-refractivity contribution in [2.24, 2.45) is 5.73 Å². The van der Waals surface area contributed by atoms with Crippen molar-refractivity contribution >= 4 is 11.3 Å². The van der Waals surface area contributed by atoms with Gasteiger partial charge in [0.05, 0.1) is 12.8 Å². The molecule has 0 amide bonds. The minimum absolute atomic E-state index is 0.363. The lowest BCUT2D eigenvalue weighted by Crippen LogP contribution is -2.08. The highest BCUT2D eigenvalue weighted by Gasteiger charge is 2.14. The molecule has 0 bridgehead atoms. The van der Waals surface area contributed by atoms with E-state index < -0.39 is 0 Å². The zero-order valence-corrected chi connectivity index (χ0v) is 11.8. The predicted octanol–water partition coefficient (Wildman–Crippen LogP) is 3.19. The van der Waals surface area contributed by atoms with Crippen LogP contribution in [-0.2, 0) is 0 Å². The number of hydrogen-bond donors (Lipinski definition) is 1. The molecule has 1 aromatic heterocycles. The molecule has 0 saturated carbocycles. The Balaban J connectivity index is 2.39. The molecular weight excluding hydrogens is 244 g/mol. The number of rotatable bonds is 4. The topological polar surface area (TPSA) is 48.1 Å². The van der Waals surface area contributed by atoms with Gasteiger partial charge in [-0.2, -0.15) is 0 Å². The van der Waals surface area contributed by atoms with Gasteiger partial charge < -0.3 is 10.5 Å². The van der Waals surface area contributed by atoms with Crippen LogP contribution in [0.2, 0.25) is 0 Å². The molecule has 1 unspecified atom stereocenters. The van der Waals surface area contributed by atoms with Crippen molar-refractivity contribution in [3.8, 4) is 16.3 Å². The number of methoxy groups -OCH3 is 1. The van der Waals surface area contributed by atoms with Crippen molar-refractivity contribution in [3.05, 3.63) is 34.8 Å². The summed E-state index contributed by atoms with van der Waals surface area (Å²) in [6, 6.07) is 7.98. The molecule has 2 N–H and O–H groups in total. The smallest absolute Gasteiger partial charge is 0.124 e. The Morgan fingerprint density at radius 1 is 1.44 bits per heavy atom. The Kier molecular flexibility index (Phi) is 3.99. The van der Waals surface area contributed by atoms with Gasteiger partial charge >= 0.3 is 0 Å². The van der Waals surface area contributed by atoms with Crippen molar-refractivity contribution in [3.63, 3.8) is 0 Å². The molecule has 0 aliphatic rings. The second-order valence-corrected chi connectivity index (χ2v) is 5.37. The molecule has 1 heterocycles. The Hall–Kier alpha value is -1.39. The van der Waals surface area contributed by atoms with Gasteiger partial charge in [0, 0.05) is 16.4 Å². The van der Waals surface area contributed by atoms with E-state index in [1.807, 2.05) is 25.1 Å². The number of ether oxygens (including phenoxy) is 1. The van der Waals surface area contributed by atoms with E-state index >= 15 is 0 Å². The summed E-state index contributed by atoms with van der Waals surface area (Å²) in [4.78, 5) is 5.91. The number of aromatic nitrogens is 1. The largest absolute Gasteiger partial charge is 0.497 e. The van der Waals surface area contributed by atoms with E-state index in [9.17, 15) is 0 Å². The molecule has 0 aliphatic heterocycles. The van der Waals surface area contributed by atoms with E-state index in [4.69, 9.17) is 10.5 Å². The number of nitrogens with zero attached hydrogens (tertiary/aromatic N) is 1. The summed E-state index contributed by atoms with van der Waals surface area (Å²) in [5.74, 6) is 1.22. The maximum absolute atomic E-state index is 5.73. The van der Waals surface area contributed by atoms with Crippen molar-refractivity contribution < 1.29 is 4.74 Å². The fourth-order valence-corrected chi connectivity index (χ4v) is 2.98. The fourth-order valence-electron chi connectivity index (χ4n) is 1.85. The third-order valence-electron chi connectivity index (χ3n) is 2.95. The molecule has 4 heteroatoms.